The Morgan fingerprint density at radius 2 is 1.87 bits per heavy atom. The van der Waals surface area contributed by atoms with Gasteiger partial charge in [0.1, 0.15) is 6.54 Å². The minimum absolute atomic E-state index is 0.0378. The smallest absolute Gasteiger partial charge is 0.325 e. The fourth-order valence-corrected chi connectivity index (χ4v) is 2.00. The molecule has 1 rings (SSSR count). The number of nitrogens with one attached hydrogen (secondary N) is 2. The Morgan fingerprint density at radius 3 is 2.48 bits per heavy atom. The van der Waals surface area contributed by atoms with Crippen LogP contribution in [0.15, 0.2) is 24.3 Å². The van der Waals surface area contributed by atoms with Crippen molar-refractivity contribution in [1.29, 1.82) is 0 Å². The van der Waals surface area contributed by atoms with Gasteiger partial charge in [0, 0.05) is 16.6 Å². The highest BCUT2D eigenvalue weighted by Crippen LogP contribution is 2.09. The first kappa shape index (κ1) is 19.0. The van der Waals surface area contributed by atoms with Crippen LogP contribution in [0.2, 0.25) is 5.02 Å². The van der Waals surface area contributed by atoms with Gasteiger partial charge in [-0.2, -0.15) is 0 Å². The van der Waals surface area contributed by atoms with Crippen LogP contribution < -0.4 is 10.6 Å². The maximum Gasteiger partial charge on any atom is 0.325 e. The number of esters is 1. The summed E-state index contributed by atoms with van der Waals surface area (Å²) in [6.45, 7) is 3.24. The lowest BCUT2D eigenvalue weighted by Gasteiger charge is -2.12. The van der Waals surface area contributed by atoms with Gasteiger partial charge in [0.2, 0.25) is 0 Å². The van der Waals surface area contributed by atoms with Gasteiger partial charge in [-0.1, -0.05) is 24.9 Å². The summed E-state index contributed by atoms with van der Waals surface area (Å²) in [4.78, 5) is 34.8. The SMILES string of the molecule is CCC[C@@H](C)NC(=O)COC(=O)CNC(=O)c1ccc(Cl)cc1. The van der Waals surface area contributed by atoms with Crippen LogP contribution in [0.1, 0.15) is 37.0 Å². The zero-order valence-corrected chi connectivity index (χ0v) is 14.0. The minimum atomic E-state index is -0.675. The molecule has 0 fully saturated rings. The van der Waals surface area contributed by atoms with Gasteiger partial charge in [-0.25, -0.2) is 0 Å². The molecule has 0 saturated carbocycles. The van der Waals surface area contributed by atoms with Crippen molar-refractivity contribution in [2.75, 3.05) is 13.2 Å². The third-order valence-corrected chi connectivity index (χ3v) is 3.24. The van der Waals surface area contributed by atoms with Crippen LogP contribution in [0.5, 0.6) is 0 Å². The summed E-state index contributed by atoms with van der Waals surface area (Å²) in [7, 11) is 0. The fourth-order valence-electron chi connectivity index (χ4n) is 1.87. The first-order valence-corrected chi connectivity index (χ1v) is 7.79. The molecular weight excluding hydrogens is 320 g/mol. The second-order valence-electron chi connectivity index (χ2n) is 5.11. The highest BCUT2D eigenvalue weighted by atomic mass is 35.5. The summed E-state index contributed by atoms with van der Waals surface area (Å²) in [6, 6.07) is 6.29. The van der Waals surface area contributed by atoms with Gasteiger partial charge in [-0.3, -0.25) is 14.4 Å². The molecule has 0 bridgehead atoms. The van der Waals surface area contributed by atoms with Crippen molar-refractivity contribution in [2.24, 2.45) is 0 Å². The number of amides is 2. The third-order valence-electron chi connectivity index (χ3n) is 2.99. The lowest BCUT2D eigenvalue weighted by atomic mass is 10.2. The van der Waals surface area contributed by atoms with Gasteiger partial charge in [0.25, 0.3) is 11.8 Å². The Kier molecular flexibility index (Phi) is 8.11. The van der Waals surface area contributed by atoms with Gasteiger partial charge in [-0.05, 0) is 37.6 Å². The standard InChI is InChI=1S/C16H21ClN2O4/c1-3-4-11(2)19-14(20)10-23-15(21)9-18-16(22)12-5-7-13(17)8-6-12/h5-8,11H,3-4,9-10H2,1-2H3,(H,18,22)(H,19,20)/t11-/m1/s1. The topological polar surface area (TPSA) is 84.5 Å². The molecule has 0 spiro atoms. The average molecular weight is 341 g/mol. The van der Waals surface area contributed by atoms with Crippen LogP contribution in [-0.2, 0) is 14.3 Å². The number of carbonyl (C=O) groups is 3. The summed E-state index contributed by atoms with van der Waals surface area (Å²) in [6.07, 6.45) is 1.81. The molecule has 0 aliphatic heterocycles. The molecule has 1 aromatic rings. The first-order valence-electron chi connectivity index (χ1n) is 7.41. The molecule has 2 amide bonds. The van der Waals surface area contributed by atoms with Crippen LogP contribution in [0.3, 0.4) is 0 Å². The molecule has 0 radical (unpaired) electrons. The van der Waals surface area contributed by atoms with E-state index in [2.05, 4.69) is 10.6 Å². The number of ether oxygens (including phenoxy) is 1. The summed E-state index contributed by atoms with van der Waals surface area (Å²) < 4.78 is 4.80. The van der Waals surface area contributed by atoms with Gasteiger partial charge in [0.15, 0.2) is 6.61 Å². The van der Waals surface area contributed by atoms with Crippen molar-refractivity contribution in [1.82, 2.24) is 10.6 Å². The summed E-state index contributed by atoms with van der Waals surface area (Å²) in [5, 5.41) is 5.65. The Bertz CT molecular complexity index is 546. The van der Waals surface area contributed by atoms with Crippen molar-refractivity contribution < 1.29 is 19.1 Å². The summed E-state index contributed by atoms with van der Waals surface area (Å²) >= 11 is 5.73. The zero-order valence-electron chi connectivity index (χ0n) is 13.2. The van der Waals surface area contributed by atoms with Gasteiger partial charge in [0.05, 0.1) is 0 Å². The molecule has 2 N–H and O–H groups in total. The minimum Gasteiger partial charge on any atom is -0.454 e. The maximum atomic E-state index is 11.8. The van der Waals surface area contributed by atoms with E-state index in [-0.39, 0.29) is 25.1 Å². The zero-order chi connectivity index (χ0) is 17.2. The lowest BCUT2D eigenvalue weighted by Crippen LogP contribution is -2.37. The average Bonchev–Trinajstić information content (AvgIpc) is 2.51. The van der Waals surface area contributed by atoms with Gasteiger partial charge in [-0.15, -0.1) is 0 Å². The van der Waals surface area contributed by atoms with E-state index in [0.29, 0.717) is 10.6 Å². The van der Waals surface area contributed by atoms with E-state index >= 15 is 0 Å². The number of rotatable bonds is 8. The molecule has 23 heavy (non-hydrogen) atoms. The van der Waals surface area contributed by atoms with E-state index in [4.69, 9.17) is 16.3 Å². The first-order chi connectivity index (χ1) is 10.9. The molecule has 0 aliphatic carbocycles. The van der Waals surface area contributed by atoms with Crippen molar-refractivity contribution in [3.05, 3.63) is 34.9 Å². The molecule has 1 aromatic carbocycles. The van der Waals surface area contributed by atoms with Crippen LogP contribution in [0.4, 0.5) is 0 Å². The number of hydrogen-bond donors (Lipinski definition) is 2. The highest BCUT2D eigenvalue weighted by molar-refractivity contribution is 6.30. The quantitative estimate of drug-likeness (QED) is 0.708. The van der Waals surface area contributed by atoms with Crippen molar-refractivity contribution in [3.8, 4) is 0 Å². The molecule has 6 nitrogen and oxygen atoms in total. The molecule has 1 atom stereocenters. The predicted octanol–water partition coefficient (Wildman–Crippen LogP) is 1.92. The monoisotopic (exact) mass is 340 g/mol. The van der Waals surface area contributed by atoms with Crippen molar-refractivity contribution >= 4 is 29.4 Å². The molecule has 126 valence electrons. The molecule has 0 heterocycles. The van der Waals surface area contributed by atoms with E-state index in [9.17, 15) is 14.4 Å². The van der Waals surface area contributed by atoms with Crippen LogP contribution >= 0.6 is 11.6 Å². The van der Waals surface area contributed by atoms with E-state index in [0.717, 1.165) is 12.8 Å². The molecule has 0 aliphatic rings. The molecule has 0 aromatic heterocycles. The van der Waals surface area contributed by atoms with Crippen molar-refractivity contribution in [3.63, 3.8) is 0 Å². The molecule has 0 unspecified atom stereocenters. The van der Waals surface area contributed by atoms with Crippen LogP contribution in [0.25, 0.3) is 0 Å². The Hall–Kier alpha value is -2.08. The summed E-state index contributed by atoms with van der Waals surface area (Å²) in [5.41, 5.74) is 0.383. The van der Waals surface area contributed by atoms with Gasteiger partial charge < -0.3 is 15.4 Å². The number of hydrogen-bond acceptors (Lipinski definition) is 4. The highest BCUT2D eigenvalue weighted by Gasteiger charge is 2.12. The number of benzene rings is 1. The molecule has 0 saturated heterocycles. The molecular formula is C16H21ClN2O4. The Balaban J connectivity index is 2.27. The second kappa shape index (κ2) is 9.84. The van der Waals surface area contributed by atoms with E-state index < -0.39 is 11.9 Å². The number of halogens is 1. The maximum absolute atomic E-state index is 11.8. The van der Waals surface area contributed by atoms with E-state index in [1.54, 1.807) is 24.3 Å². The largest absolute Gasteiger partial charge is 0.454 e. The summed E-state index contributed by atoms with van der Waals surface area (Å²) in [5.74, 6) is -1.45. The van der Waals surface area contributed by atoms with Gasteiger partial charge >= 0.3 is 5.97 Å². The Morgan fingerprint density at radius 1 is 1.22 bits per heavy atom. The molecule has 7 heteroatoms. The van der Waals surface area contributed by atoms with E-state index in [1.807, 2.05) is 13.8 Å². The van der Waals surface area contributed by atoms with Crippen LogP contribution in [0, 0.1) is 0 Å². The fraction of sp³-hybridized carbons (Fsp3) is 0.438. The van der Waals surface area contributed by atoms with E-state index in [1.165, 1.54) is 0 Å². The number of carbonyl (C=O) groups excluding carboxylic acids is 3. The Labute approximate surface area is 140 Å². The second-order valence-corrected chi connectivity index (χ2v) is 5.54. The normalized spacial score (nSPS) is 11.4. The van der Waals surface area contributed by atoms with Crippen molar-refractivity contribution in [2.45, 2.75) is 32.7 Å². The van der Waals surface area contributed by atoms with Crippen LogP contribution in [-0.4, -0.2) is 37.0 Å². The third kappa shape index (κ3) is 7.65. The lowest BCUT2D eigenvalue weighted by molar-refractivity contribution is -0.147. The predicted molar refractivity (Wildman–Crippen MR) is 87.3 cm³/mol.